The Morgan fingerprint density at radius 3 is 2.04 bits per heavy atom. The Morgan fingerprint density at radius 1 is 1.00 bits per heavy atom. The summed E-state index contributed by atoms with van der Waals surface area (Å²) in [5, 5.41) is 4.28. The first kappa shape index (κ1) is 24.4. The van der Waals surface area contributed by atoms with Gasteiger partial charge in [0, 0.05) is 13.1 Å². The first-order chi connectivity index (χ1) is 13.4. The predicted octanol–water partition coefficient (Wildman–Crippen LogP) is 5.01. The number of hydrogen-bond acceptors (Lipinski definition) is 6. The van der Waals surface area contributed by atoms with Gasteiger partial charge in [0.1, 0.15) is 9.88 Å². The Bertz CT molecular complexity index is 665. The van der Waals surface area contributed by atoms with Crippen molar-refractivity contribution in [2.75, 3.05) is 31.6 Å². The minimum Gasteiger partial charge on any atom is -0.462 e. The maximum Gasteiger partial charge on any atom is 0.348 e. The molecule has 0 aliphatic carbocycles. The number of nitrogens with zero attached hydrogens (tertiary/aromatic N) is 1. The number of anilines is 1. The zero-order valence-corrected chi connectivity index (χ0v) is 19.2. The minimum absolute atomic E-state index is 0.256. The number of esters is 2. The molecule has 1 aromatic rings. The molecule has 0 saturated heterocycles. The summed E-state index contributed by atoms with van der Waals surface area (Å²) in [6.07, 6.45) is 4.22. The SMILES string of the molecule is CCCCN(CCCC)C(=S)Nc1sc(C(=O)OCC)c(C)c1C(=O)OCC. The molecule has 0 bridgehead atoms. The van der Waals surface area contributed by atoms with Crippen LogP contribution in [0.25, 0.3) is 0 Å². The van der Waals surface area contributed by atoms with Crippen LogP contribution in [0.3, 0.4) is 0 Å². The average Bonchev–Trinajstić information content (AvgIpc) is 2.98. The molecule has 1 N–H and O–H groups in total. The summed E-state index contributed by atoms with van der Waals surface area (Å²) in [5.74, 6) is -0.908. The molecule has 0 fully saturated rings. The highest BCUT2D eigenvalue weighted by Crippen LogP contribution is 2.34. The maximum absolute atomic E-state index is 12.5. The van der Waals surface area contributed by atoms with Crippen LogP contribution in [-0.4, -0.2) is 48.3 Å². The maximum atomic E-state index is 12.5. The zero-order valence-electron chi connectivity index (χ0n) is 17.6. The molecule has 1 aromatic heterocycles. The summed E-state index contributed by atoms with van der Waals surface area (Å²) >= 11 is 6.80. The van der Waals surface area contributed by atoms with Gasteiger partial charge in [-0.05, 0) is 51.4 Å². The zero-order chi connectivity index (χ0) is 21.1. The van der Waals surface area contributed by atoms with E-state index in [-0.39, 0.29) is 13.2 Å². The van der Waals surface area contributed by atoms with Gasteiger partial charge < -0.3 is 19.7 Å². The summed E-state index contributed by atoms with van der Waals surface area (Å²) in [4.78, 5) is 27.3. The molecule has 0 unspecified atom stereocenters. The highest BCUT2D eigenvalue weighted by Gasteiger charge is 2.27. The fraction of sp³-hybridized carbons (Fsp3) is 0.650. The van der Waals surface area contributed by atoms with Gasteiger partial charge in [0.25, 0.3) is 0 Å². The van der Waals surface area contributed by atoms with Crippen LogP contribution in [0.5, 0.6) is 0 Å². The molecule has 0 spiro atoms. The van der Waals surface area contributed by atoms with Crippen LogP contribution in [0.15, 0.2) is 0 Å². The lowest BCUT2D eigenvalue weighted by atomic mass is 10.1. The molecule has 0 saturated carbocycles. The summed E-state index contributed by atoms with van der Waals surface area (Å²) < 4.78 is 10.3. The number of nitrogens with one attached hydrogen (secondary N) is 1. The number of rotatable bonds is 11. The van der Waals surface area contributed by atoms with Gasteiger partial charge in [0.2, 0.25) is 0 Å². The quantitative estimate of drug-likeness (QED) is 0.392. The van der Waals surface area contributed by atoms with E-state index in [0.717, 1.165) is 38.8 Å². The van der Waals surface area contributed by atoms with Crippen molar-refractivity contribution in [1.82, 2.24) is 4.90 Å². The van der Waals surface area contributed by atoms with E-state index in [2.05, 4.69) is 24.1 Å². The predicted molar refractivity (Wildman–Crippen MR) is 119 cm³/mol. The molecule has 1 heterocycles. The Morgan fingerprint density at radius 2 is 1.54 bits per heavy atom. The van der Waals surface area contributed by atoms with Gasteiger partial charge in [-0.15, -0.1) is 11.3 Å². The Balaban J connectivity index is 3.17. The number of carbonyl (C=O) groups is 2. The van der Waals surface area contributed by atoms with E-state index in [9.17, 15) is 9.59 Å². The van der Waals surface area contributed by atoms with Crippen molar-refractivity contribution in [3.8, 4) is 0 Å². The number of hydrogen-bond donors (Lipinski definition) is 1. The second kappa shape index (κ2) is 12.7. The van der Waals surface area contributed by atoms with Crippen molar-refractivity contribution in [3.05, 3.63) is 16.0 Å². The largest absolute Gasteiger partial charge is 0.462 e. The van der Waals surface area contributed by atoms with Gasteiger partial charge in [0.15, 0.2) is 5.11 Å². The van der Waals surface area contributed by atoms with Crippen LogP contribution < -0.4 is 5.32 Å². The van der Waals surface area contributed by atoms with Gasteiger partial charge in [-0.25, -0.2) is 9.59 Å². The van der Waals surface area contributed by atoms with Crippen LogP contribution in [-0.2, 0) is 9.47 Å². The highest BCUT2D eigenvalue weighted by atomic mass is 32.1. The summed E-state index contributed by atoms with van der Waals surface area (Å²) in [7, 11) is 0. The van der Waals surface area contributed by atoms with Crippen molar-refractivity contribution in [1.29, 1.82) is 0 Å². The third-order valence-corrected chi connectivity index (χ3v) is 5.71. The number of thiocarbonyl (C=S) groups is 1. The topological polar surface area (TPSA) is 67.9 Å². The Kier molecular flexibility index (Phi) is 11.1. The first-order valence-electron chi connectivity index (χ1n) is 9.94. The van der Waals surface area contributed by atoms with Crippen molar-refractivity contribution >= 4 is 45.6 Å². The van der Waals surface area contributed by atoms with Crippen molar-refractivity contribution < 1.29 is 19.1 Å². The van der Waals surface area contributed by atoms with Gasteiger partial charge in [-0.2, -0.15) is 0 Å². The fourth-order valence-electron chi connectivity index (χ4n) is 2.63. The molecule has 1 rings (SSSR count). The molecular weight excluding hydrogens is 396 g/mol. The van der Waals surface area contributed by atoms with Gasteiger partial charge in [0.05, 0.1) is 18.8 Å². The monoisotopic (exact) mass is 428 g/mol. The second-order valence-corrected chi connectivity index (χ2v) is 7.73. The normalized spacial score (nSPS) is 10.5. The molecule has 6 nitrogen and oxygen atoms in total. The van der Waals surface area contributed by atoms with Gasteiger partial charge >= 0.3 is 11.9 Å². The summed E-state index contributed by atoms with van der Waals surface area (Å²) in [6.45, 7) is 11.7. The molecule has 158 valence electrons. The number of carbonyl (C=O) groups excluding carboxylic acids is 2. The first-order valence-corrected chi connectivity index (χ1v) is 11.2. The molecule has 28 heavy (non-hydrogen) atoms. The Labute approximate surface area is 177 Å². The van der Waals surface area contributed by atoms with Crippen LogP contribution in [0.1, 0.15) is 79.0 Å². The summed E-state index contributed by atoms with van der Waals surface area (Å²) in [5.41, 5.74) is 0.907. The van der Waals surface area contributed by atoms with Crippen molar-refractivity contribution in [2.24, 2.45) is 0 Å². The van der Waals surface area contributed by atoms with E-state index < -0.39 is 11.9 Å². The standard InChI is InChI=1S/C20H32N2O4S2/c1-6-10-12-22(13-11-7-2)20(27)21-17-15(18(23)25-8-3)14(5)16(28-17)19(24)26-9-4/h6-13H2,1-5H3,(H,21,27). The van der Waals surface area contributed by atoms with E-state index in [4.69, 9.17) is 21.7 Å². The number of thiophene rings is 1. The van der Waals surface area contributed by atoms with Crippen molar-refractivity contribution in [2.45, 2.75) is 60.3 Å². The number of unbranched alkanes of at least 4 members (excludes halogenated alkanes) is 2. The van der Waals surface area contributed by atoms with E-state index in [0.29, 0.717) is 26.1 Å². The lowest BCUT2D eigenvalue weighted by Crippen LogP contribution is -2.36. The minimum atomic E-state index is -0.467. The molecule has 8 heteroatoms. The fourth-order valence-corrected chi connectivity index (χ4v) is 4.07. The van der Waals surface area contributed by atoms with Gasteiger partial charge in [-0.3, -0.25) is 0 Å². The van der Waals surface area contributed by atoms with Crippen LogP contribution in [0.2, 0.25) is 0 Å². The van der Waals surface area contributed by atoms with Crippen molar-refractivity contribution in [3.63, 3.8) is 0 Å². The molecule has 0 amide bonds. The van der Waals surface area contributed by atoms with E-state index in [1.807, 2.05) is 0 Å². The molecule has 0 atom stereocenters. The third-order valence-electron chi connectivity index (χ3n) is 4.16. The second-order valence-electron chi connectivity index (χ2n) is 6.33. The van der Waals surface area contributed by atoms with Crippen LogP contribution in [0, 0.1) is 6.92 Å². The Hall–Kier alpha value is -1.67. The molecular formula is C20H32N2O4S2. The van der Waals surface area contributed by atoms with Crippen LogP contribution >= 0.6 is 23.6 Å². The van der Waals surface area contributed by atoms with Crippen LogP contribution in [0.4, 0.5) is 5.00 Å². The molecule has 0 aliphatic rings. The average molecular weight is 429 g/mol. The van der Waals surface area contributed by atoms with Gasteiger partial charge in [-0.1, -0.05) is 26.7 Å². The summed E-state index contributed by atoms with van der Waals surface area (Å²) in [6, 6.07) is 0. The molecule has 0 aliphatic heterocycles. The lowest BCUT2D eigenvalue weighted by molar-refractivity contribution is 0.0527. The highest BCUT2D eigenvalue weighted by molar-refractivity contribution is 7.80. The van der Waals surface area contributed by atoms with E-state index in [1.54, 1.807) is 20.8 Å². The third kappa shape index (κ3) is 6.74. The smallest absolute Gasteiger partial charge is 0.348 e. The van der Waals surface area contributed by atoms with E-state index >= 15 is 0 Å². The number of ether oxygens (including phenoxy) is 2. The molecule has 0 radical (unpaired) electrons. The lowest BCUT2D eigenvalue weighted by Gasteiger charge is -2.25. The van der Waals surface area contributed by atoms with E-state index in [1.165, 1.54) is 11.3 Å². The molecule has 0 aromatic carbocycles.